The maximum atomic E-state index is 12.4. The lowest BCUT2D eigenvalue weighted by molar-refractivity contribution is -0.127. The fraction of sp³-hybridized carbons (Fsp3) is 0.409. The van der Waals surface area contributed by atoms with E-state index in [0.29, 0.717) is 26.1 Å². The van der Waals surface area contributed by atoms with Crippen LogP contribution in [0.15, 0.2) is 30.3 Å². The number of pyridine rings is 1. The van der Waals surface area contributed by atoms with Crippen molar-refractivity contribution >= 4 is 16.9 Å². The predicted octanol–water partition coefficient (Wildman–Crippen LogP) is 2.64. The molecule has 1 fully saturated rings. The lowest BCUT2D eigenvalue weighted by Crippen LogP contribution is -2.48. The maximum absolute atomic E-state index is 12.4. The molecular formula is C22H27N5O2. The van der Waals surface area contributed by atoms with Gasteiger partial charge in [0, 0.05) is 30.6 Å². The molecule has 29 heavy (non-hydrogen) atoms. The molecule has 0 bridgehead atoms. The van der Waals surface area contributed by atoms with Crippen LogP contribution in [-0.2, 0) is 16.0 Å². The summed E-state index contributed by atoms with van der Waals surface area (Å²) in [4.78, 5) is 17.3. The van der Waals surface area contributed by atoms with Crippen LogP contribution < -0.4 is 5.43 Å². The first-order valence-corrected chi connectivity index (χ1v) is 10.1. The van der Waals surface area contributed by atoms with Crippen LogP contribution in [0.4, 0.5) is 0 Å². The zero-order chi connectivity index (χ0) is 20.4. The van der Waals surface area contributed by atoms with E-state index < -0.39 is 0 Å². The number of morpholine rings is 1. The molecule has 0 atom stereocenters. The molecule has 1 N–H and O–H groups in total. The summed E-state index contributed by atoms with van der Waals surface area (Å²) >= 11 is 0. The highest BCUT2D eigenvalue weighted by Crippen LogP contribution is 2.28. The number of ether oxygens (including phenoxy) is 1. The van der Waals surface area contributed by atoms with Crippen LogP contribution in [0.1, 0.15) is 28.9 Å². The molecule has 1 aromatic carbocycles. The van der Waals surface area contributed by atoms with Crippen molar-refractivity contribution in [1.82, 2.24) is 25.2 Å². The average molecular weight is 393 g/mol. The van der Waals surface area contributed by atoms with E-state index in [1.54, 1.807) is 0 Å². The van der Waals surface area contributed by atoms with Gasteiger partial charge in [-0.1, -0.05) is 18.2 Å². The second-order valence-electron chi connectivity index (χ2n) is 7.47. The summed E-state index contributed by atoms with van der Waals surface area (Å²) in [6, 6.07) is 10.1. The van der Waals surface area contributed by atoms with Gasteiger partial charge in [-0.25, -0.2) is 14.7 Å². The molecule has 3 aromatic rings. The van der Waals surface area contributed by atoms with Crippen molar-refractivity contribution in [1.29, 1.82) is 0 Å². The number of carbonyl (C=O) groups excluding carboxylic acids is 1. The van der Waals surface area contributed by atoms with Crippen molar-refractivity contribution in [3.63, 3.8) is 0 Å². The molecule has 4 rings (SSSR count). The summed E-state index contributed by atoms with van der Waals surface area (Å²) < 4.78 is 7.22. The van der Waals surface area contributed by atoms with E-state index in [-0.39, 0.29) is 5.91 Å². The molecular weight excluding hydrogens is 366 g/mol. The lowest BCUT2D eigenvalue weighted by atomic mass is 9.99. The third-order valence-electron chi connectivity index (χ3n) is 5.47. The molecule has 0 aliphatic carbocycles. The fourth-order valence-electron chi connectivity index (χ4n) is 3.97. The van der Waals surface area contributed by atoms with Gasteiger partial charge in [0.2, 0.25) is 5.91 Å². The third kappa shape index (κ3) is 4.02. The number of rotatable bonds is 5. The minimum Gasteiger partial charge on any atom is -0.379 e. The van der Waals surface area contributed by atoms with Gasteiger partial charge in [-0.3, -0.25) is 10.2 Å². The Balaban J connectivity index is 1.57. The van der Waals surface area contributed by atoms with Crippen LogP contribution >= 0.6 is 0 Å². The Morgan fingerprint density at radius 1 is 1.10 bits per heavy atom. The number of amides is 1. The molecule has 0 spiro atoms. The highest BCUT2D eigenvalue weighted by atomic mass is 16.5. The second kappa shape index (κ2) is 8.31. The smallest absolute Gasteiger partial charge is 0.234 e. The Morgan fingerprint density at radius 3 is 2.55 bits per heavy atom. The average Bonchev–Trinajstić information content (AvgIpc) is 3.05. The molecule has 0 saturated carbocycles. The summed E-state index contributed by atoms with van der Waals surface area (Å²) in [5, 5.41) is 7.74. The van der Waals surface area contributed by atoms with E-state index in [1.165, 1.54) is 0 Å². The fourth-order valence-corrected chi connectivity index (χ4v) is 3.97. The summed E-state index contributed by atoms with van der Waals surface area (Å²) in [6.07, 6.45) is 1.09. The van der Waals surface area contributed by atoms with Crippen LogP contribution in [0.3, 0.4) is 0 Å². The van der Waals surface area contributed by atoms with E-state index in [2.05, 4.69) is 12.3 Å². The van der Waals surface area contributed by atoms with E-state index in [0.717, 1.165) is 52.3 Å². The van der Waals surface area contributed by atoms with Gasteiger partial charge < -0.3 is 4.74 Å². The number of nitrogens with zero attached hydrogens (tertiary/aromatic N) is 4. The number of fused-ring (bicyclic) bond motifs is 1. The van der Waals surface area contributed by atoms with Crippen molar-refractivity contribution in [2.24, 2.45) is 0 Å². The Bertz CT molecular complexity index is 1020. The molecule has 0 radical (unpaired) electrons. The Morgan fingerprint density at radius 2 is 1.83 bits per heavy atom. The normalized spacial score (nSPS) is 15.0. The van der Waals surface area contributed by atoms with Crippen LogP contribution in [0.5, 0.6) is 0 Å². The molecule has 1 amide bonds. The van der Waals surface area contributed by atoms with E-state index in [4.69, 9.17) is 14.8 Å². The largest absolute Gasteiger partial charge is 0.379 e. The highest BCUT2D eigenvalue weighted by Gasteiger charge is 2.19. The van der Waals surface area contributed by atoms with E-state index in [9.17, 15) is 4.79 Å². The van der Waals surface area contributed by atoms with Gasteiger partial charge >= 0.3 is 0 Å². The summed E-state index contributed by atoms with van der Waals surface area (Å²) in [5.74, 6) is 0.0301. The number of benzene rings is 1. The van der Waals surface area contributed by atoms with Crippen molar-refractivity contribution in [2.45, 2.75) is 33.6 Å². The van der Waals surface area contributed by atoms with Gasteiger partial charge in [-0.2, -0.15) is 5.10 Å². The van der Waals surface area contributed by atoms with Gasteiger partial charge in [-0.05, 0) is 50.5 Å². The van der Waals surface area contributed by atoms with E-state index >= 15 is 0 Å². The number of hydrogen-bond acceptors (Lipinski definition) is 5. The topological polar surface area (TPSA) is 72.3 Å². The number of hydrogen-bond donors (Lipinski definition) is 1. The van der Waals surface area contributed by atoms with Crippen molar-refractivity contribution < 1.29 is 9.53 Å². The Kier molecular flexibility index (Phi) is 5.60. The van der Waals surface area contributed by atoms with Crippen molar-refractivity contribution in [3.8, 4) is 5.69 Å². The second-order valence-corrected chi connectivity index (χ2v) is 7.47. The quantitative estimate of drug-likeness (QED) is 0.722. The first-order valence-electron chi connectivity index (χ1n) is 10.1. The zero-order valence-electron chi connectivity index (χ0n) is 17.2. The molecule has 152 valence electrons. The predicted molar refractivity (Wildman–Crippen MR) is 112 cm³/mol. The number of nitrogens with one attached hydrogen (secondary N) is 1. The molecule has 7 heteroatoms. The summed E-state index contributed by atoms with van der Waals surface area (Å²) in [6.45, 7) is 8.91. The molecule has 1 aliphatic heterocycles. The summed E-state index contributed by atoms with van der Waals surface area (Å²) in [7, 11) is 0. The van der Waals surface area contributed by atoms with Crippen LogP contribution in [-0.4, -0.2) is 52.0 Å². The maximum Gasteiger partial charge on any atom is 0.234 e. The van der Waals surface area contributed by atoms with Gasteiger partial charge in [0.25, 0.3) is 0 Å². The van der Waals surface area contributed by atoms with Crippen LogP contribution in [0, 0.1) is 20.8 Å². The number of para-hydroxylation sites is 1. The molecule has 2 aromatic heterocycles. The molecule has 7 nitrogen and oxygen atoms in total. The number of aryl methyl sites for hydroxylation is 3. The standard InChI is InChI=1S/C22H27N5O2/c1-15-19(9-10-20(28)25-26-11-13-29-14-12-26)16(2)23-22-21(15)17(3)24-27(22)18-7-5-4-6-8-18/h4-8H,9-14H2,1-3H3,(H,25,28). The first kappa shape index (κ1) is 19.5. The van der Waals surface area contributed by atoms with Crippen LogP contribution in [0.25, 0.3) is 16.7 Å². The number of aromatic nitrogens is 3. The SMILES string of the molecule is Cc1nc2c(c(C)nn2-c2ccccc2)c(C)c1CCC(=O)NN1CCOCC1. The first-order chi connectivity index (χ1) is 14.0. The monoisotopic (exact) mass is 393 g/mol. The third-order valence-corrected chi connectivity index (χ3v) is 5.47. The van der Waals surface area contributed by atoms with Gasteiger partial charge in [0.15, 0.2) is 5.65 Å². The van der Waals surface area contributed by atoms with Crippen LogP contribution in [0.2, 0.25) is 0 Å². The molecule has 1 saturated heterocycles. The minimum atomic E-state index is 0.0301. The Hall–Kier alpha value is -2.77. The zero-order valence-corrected chi connectivity index (χ0v) is 17.2. The van der Waals surface area contributed by atoms with Gasteiger partial charge in [0.05, 0.1) is 24.6 Å². The van der Waals surface area contributed by atoms with Gasteiger partial charge in [0.1, 0.15) is 0 Å². The molecule has 3 heterocycles. The number of carbonyl (C=O) groups is 1. The highest BCUT2D eigenvalue weighted by molar-refractivity contribution is 5.85. The Labute approximate surface area is 170 Å². The van der Waals surface area contributed by atoms with Gasteiger partial charge in [-0.15, -0.1) is 0 Å². The number of hydrazine groups is 1. The lowest BCUT2D eigenvalue weighted by Gasteiger charge is -2.27. The molecule has 0 unspecified atom stereocenters. The van der Waals surface area contributed by atoms with E-state index in [1.807, 2.05) is 53.9 Å². The van der Waals surface area contributed by atoms with Crippen molar-refractivity contribution in [2.75, 3.05) is 26.3 Å². The minimum absolute atomic E-state index is 0.0301. The molecule has 1 aliphatic rings. The summed E-state index contributed by atoms with van der Waals surface area (Å²) in [5.41, 5.74) is 9.03. The van der Waals surface area contributed by atoms with Crippen molar-refractivity contribution in [3.05, 3.63) is 52.8 Å².